The predicted molar refractivity (Wildman–Crippen MR) is 145 cm³/mol. The van der Waals surface area contributed by atoms with E-state index in [1.54, 1.807) is 48.9 Å². The Labute approximate surface area is 216 Å². The molecule has 6 aromatic rings. The summed E-state index contributed by atoms with van der Waals surface area (Å²) in [5.74, 6) is -0.377. The van der Waals surface area contributed by atoms with Gasteiger partial charge in [-0.2, -0.15) is 5.10 Å². The van der Waals surface area contributed by atoms with Crippen molar-refractivity contribution in [3.8, 4) is 33.9 Å². The lowest BCUT2D eigenvalue weighted by molar-refractivity contribution is 0.628. The van der Waals surface area contributed by atoms with E-state index in [2.05, 4.69) is 44.0 Å². The zero-order chi connectivity index (χ0) is 26.2. The number of fused-ring (bicyclic) bond motifs is 2. The average Bonchev–Trinajstić information content (AvgIpc) is 3.54. The van der Waals surface area contributed by atoms with Crippen LogP contribution in [0.3, 0.4) is 0 Å². The van der Waals surface area contributed by atoms with Crippen LogP contribution in [0.5, 0.6) is 0 Å². The van der Waals surface area contributed by atoms with Gasteiger partial charge in [-0.25, -0.2) is 13.8 Å². The molecule has 2 aromatic carbocycles. The van der Waals surface area contributed by atoms with Crippen molar-refractivity contribution in [1.82, 2.24) is 30.1 Å². The molecule has 6 rings (SSSR count). The third kappa shape index (κ3) is 4.17. The Morgan fingerprint density at radius 2 is 1.82 bits per heavy atom. The van der Waals surface area contributed by atoms with Gasteiger partial charge in [-0.15, -0.1) is 0 Å². The number of H-pyrrole nitrogens is 2. The van der Waals surface area contributed by atoms with E-state index >= 15 is 4.39 Å². The first-order valence-electron chi connectivity index (χ1n) is 12.2. The molecule has 9 heteroatoms. The molecule has 188 valence electrons. The van der Waals surface area contributed by atoms with Gasteiger partial charge >= 0.3 is 0 Å². The summed E-state index contributed by atoms with van der Waals surface area (Å²) < 4.78 is 29.5. The molecule has 3 N–H and O–H groups in total. The summed E-state index contributed by atoms with van der Waals surface area (Å²) in [5.41, 5.74) is 6.11. The number of rotatable bonds is 7. The van der Waals surface area contributed by atoms with Gasteiger partial charge in [-0.1, -0.05) is 19.9 Å². The Bertz CT molecular complexity index is 1800. The van der Waals surface area contributed by atoms with Gasteiger partial charge in [0.2, 0.25) is 0 Å². The number of pyridine rings is 2. The van der Waals surface area contributed by atoms with Crippen molar-refractivity contribution in [3.63, 3.8) is 0 Å². The zero-order valence-electron chi connectivity index (χ0n) is 20.5. The molecule has 4 aromatic heterocycles. The molecule has 0 fully saturated rings. The fraction of sp³-hybridized carbons (Fsp3) is 0.103. The molecule has 0 saturated carbocycles. The molecule has 0 bridgehead atoms. The monoisotopic (exact) mass is 507 g/mol. The molecular weight excluding hydrogens is 484 g/mol. The van der Waals surface area contributed by atoms with E-state index in [9.17, 15) is 4.39 Å². The van der Waals surface area contributed by atoms with E-state index in [0.717, 1.165) is 29.8 Å². The number of anilines is 1. The van der Waals surface area contributed by atoms with E-state index < -0.39 is 5.82 Å². The van der Waals surface area contributed by atoms with Crippen LogP contribution in [0, 0.1) is 11.6 Å². The number of aromatic nitrogens is 6. The summed E-state index contributed by atoms with van der Waals surface area (Å²) >= 11 is 0. The van der Waals surface area contributed by atoms with Gasteiger partial charge in [-0.05, 0) is 55.0 Å². The fourth-order valence-corrected chi connectivity index (χ4v) is 4.56. The summed E-state index contributed by atoms with van der Waals surface area (Å²) in [6, 6.07) is 13.2. The summed E-state index contributed by atoms with van der Waals surface area (Å²) in [6.45, 7) is 6.11. The number of imidazole rings is 1. The second-order valence-corrected chi connectivity index (χ2v) is 9.01. The molecule has 0 unspecified atom stereocenters. The van der Waals surface area contributed by atoms with Gasteiger partial charge < -0.3 is 10.3 Å². The standard InChI is InChI=1S/C29H23F2N7/c1-3-4-16(2)34-20-13-18(14-32-15-20)21-9-10-22-24(25(21)31)28(38-37-22)29-35-23-11-12-33-26(27(23)36-29)17-5-7-19(30)8-6-17/h5-15,34H,2-4H2,1H3,(H,35,36)(H,37,38). The lowest BCUT2D eigenvalue weighted by atomic mass is 10.0. The first-order valence-corrected chi connectivity index (χ1v) is 12.2. The van der Waals surface area contributed by atoms with E-state index in [1.807, 2.05) is 6.07 Å². The van der Waals surface area contributed by atoms with Gasteiger partial charge in [0.1, 0.15) is 22.8 Å². The van der Waals surface area contributed by atoms with E-state index in [0.29, 0.717) is 50.3 Å². The van der Waals surface area contributed by atoms with Crippen LogP contribution in [0.25, 0.3) is 55.8 Å². The van der Waals surface area contributed by atoms with Crippen LogP contribution in [0.1, 0.15) is 19.8 Å². The molecule has 0 atom stereocenters. The van der Waals surface area contributed by atoms with Crippen LogP contribution in [0.15, 0.2) is 79.4 Å². The van der Waals surface area contributed by atoms with Crippen molar-refractivity contribution in [1.29, 1.82) is 0 Å². The molecule has 0 spiro atoms. The average molecular weight is 508 g/mol. The van der Waals surface area contributed by atoms with E-state index in [-0.39, 0.29) is 5.82 Å². The van der Waals surface area contributed by atoms with Crippen molar-refractivity contribution in [2.45, 2.75) is 19.8 Å². The highest BCUT2D eigenvalue weighted by atomic mass is 19.1. The van der Waals surface area contributed by atoms with Crippen LogP contribution < -0.4 is 5.32 Å². The summed E-state index contributed by atoms with van der Waals surface area (Å²) in [4.78, 5) is 16.7. The minimum atomic E-state index is -0.435. The van der Waals surface area contributed by atoms with Crippen LogP contribution in [-0.2, 0) is 0 Å². The molecule has 0 aliphatic heterocycles. The molecule has 7 nitrogen and oxygen atoms in total. The maximum absolute atomic E-state index is 16.1. The van der Waals surface area contributed by atoms with Crippen molar-refractivity contribution >= 4 is 27.6 Å². The van der Waals surface area contributed by atoms with Gasteiger partial charge in [0, 0.05) is 34.8 Å². The number of nitrogens with one attached hydrogen (secondary N) is 3. The second-order valence-electron chi connectivity index (χ2n) is 9.01. The van der Waals surface area contributed by atoms with Crippen LogP contribution in [0.2, 0.25) is 0 Å². The van der Waals surface area contributed by atoms with Crippen molar-refractivity contribution in [2.24, 2.45) is 0 Å². The van der Waals surface area contributed by atoms with E-state index in [1.165, 1.54) is 12.1 Å². The fourth-order valence-electron chi connectivity index (χ4n) is 4.56. The highest BCUT2D eigenvalue weighted by Gasteiger charge is 2.20. The van der Waals surface area contributed by atoms with Gasteiger partial charge in [0.15, 0.2) is 5.82 Å². The Kier molecular flexibility index (Phi) is 5.88. The number of allylic oxidation sites excluding steroid dienone is 1. The molecule has 0 aliphatic rings. The number of benzene rings is 2. The zero-order valence-corrected chi connectivity index (χ0v) is 20.5. The number of nitrogens with zero attached hydrogens (tertiary/aromatic N) is 4. The molecule has 0 aliphatic carbocycles. The first-order chi connectivity index (χ1) is 18.5. The summed E-state index contributed by atoms with van der Waals surface area (Å²) in [6.07, 6.45) is 6.76. The number of hydrogen-bond donors (Lipinski definition) is 3. The van der Waals surface area contributed by atoms with Gasteiger partial charge in [0.05, 0.1) is 34.0 Å². The number of hydrogen-bond acceptors (Lipinski definition) is 5. The van der Waals surface area contributed by atoms with Gasteiger partial charge in [-0.3, -0.25) is 15.1 Å². The quantitative estimate of drug-likeness (QED) is 0.212. The largest absolute Gasteiger partial charge is 0.358 e. The molecule has 4 heterocycles. The van der Waals surface area contributed by atoms with Crippen LogP contribution in [0.4, 0.5) is 14.5 Å². The van der Waals surface area contributed by atoms with Gasteiger partial charge in [0.25, 0.3) is 0 Å². The molecule has 0 saturated heterocycles. The molecular formula is C29H23F2N7. The smallest absolute Gasteiger partial charge is 0.159 e. The van der Waals surface area contributed by atoms with Crippen LogP contribution in [-0.4, -0.2) is 30.1 Å². The normalized spacial score (nSPS) is 11.3. The third-order valence-corrected chi connectivity index (χ3v) is 6.33. The first kappa shape index (κ1) is 23.5. The third-order valence-electron chi connectivity index (χ3n) is 6.33. The van der Waals surface area contributed by atoms with Crippen molar-refractivity contribution in [3.05, 3.63) is 91.0 Å². The molecule has 38 heavy (non-hydrogen) atoms. The maximum Gasteiger partial charge on any atom is 0.159 e. The Morgan fingerprint density at radius 3 is 2.63 bits per heavy atom. The van der Waals surface area contributed by atoms with Crippen molar-refractivity contribution < 1.29 is 8.78 Å². The summed E-state index contributed by atoms with van der Waals surface area (Å²) in [5, 5.41) is 10.8. The maximum atomic E-state index is 16.1. The van der Waals surface area contributed by atoms with E-state index in [4.69, 9.17) is 4.98 Å². The second kappa shape index (κ2) is 9.51. The number of aromatic amines is 2. The highest BCUT2D eigenvalue weighted by Crippen LogP contribution is 2.35. The predicted octanol–water partition coefficient (Wildman–Crippen LogP) is 7.23. The lowest BCUT2D eigenvalue weighted by Gasteiger charge is -2.10. The molecule has 0 radical (unpaired) electrons. The van der Waals surface area contributed by atoms with Crippen LogP contribution >= 0.6 is 0 Å². The molecule has 0 amide bonds. The highest BCUT2D eigenvalue weighted by molar-refractivity contribution is 5.98. The topological polar surface area (TPSA) is 95.2 Å². The Morgan fingerprint density at radius 1 is 0.974 bits per heavy atom. The minimum Gasteiger partial charge on any atom is -0.358 e. The van der Waals surface area contributed by atoms with Crippen molar-refractivity contribution in [2.75, 3.05) is 5.32 Å². The number of halogens is 2. The Balaban J connectivity index is 1.44. The SMILES string of the molecule is C=C(CCC)Nc1cncc(-c2ccc3[nH]nc(-c4nc5c(-c6ccc(F)cc6)nccc5[nH]4)c3c2F)c1. The Hall–Kier alpha value is -4.92. The summed E-state index contributed by atoms with van der Waals surface area (Å²) in [7, 11) is 0. The minimum absolute atomic E-state index is 0.312. The lowest BCUT2D eigenvalue weighted by Crippen LogP contribution is -1.98.